The van der Waals surface area contributed by atoms with E-state index in [2.05, 4.69) is 32.1 Å². The summed E-state index contributed by atoms with van der Waals surface area (Å²) >= 11 is -0.118. The van der Waals surface area contributed by atoms with E-state index in [1.165, 1.54) is 17.0 Å². The van der Waals surface area contributed by atoms with Gasteiger partial charge in [0, 0.05) is 0 Å². The number of rotatable bonds is 4. The molecule has 1 aliphatic rings. The quantitative estimate of drug-likeness (QED) is 0.533. The van der Waals surface area contributed by atoms with Gasteiger partial charge in [-0.05, 0) is 0 Å². The van der Waals surface area contributed by atoms with Gasteiger partial charge in [0.15, 0.2) is 0 Å². The Kier molecular flexibility index (Phi) is 12.0. The molecule has 0 radical (unpaired) electrons. The number of hydrogen-bond donors (Lipinski definition) is 0. The summed E-state index contributed by atoms with van der Waals surface area (Å²) in [7, 11) is 0. The van der Waals surface area contributed by atoms with E-state index in [9.17, 15) is 0 Å². The number of halogens is 2. The minimum absolute atomic E-state index is 0. The van der Waals surface area contributed by atoms with E-state index >= 15 is 0 Å². The van der Waals surface area contributed by atoms with E-state index in [1.807, 2.05) is 0 Å². The molecule has 0 atom stereocenters. The Morgan fingerprint density at radius 1 is 1.38 bits per heavy atom. The van der Waals surface area contributed by atoms with Gasteiger partial charge in [-0.3, -0.25) is 0 Å². The topological polar surface area (TPSA) is 0 Å². The zero-order valence-electron chi connectivity index (χ0n) is 8.19. The zero-order chi connectivity index (χ0) is 8.10. The molecule has 0 aromatic heterocycles. The maximum atomic E-state index is 2.34. The van der Waals surface area contributed by atoms with Crippen molar-refractivity contribution in [1.82, 2.24) is 0 Å². The third kappa shape index (κ3) is 7.97. The van der Waals surface area contributed by atoms with Crippen LogP contribution in [0.3, 0.4) is 0 Å². The summed E-state index contributed by atoms with van der Waals surface area (Å²) in [4.78, 5) is 0. The molecule has 0 spiro atoms. The van der Waals surface area contributed by atoms with E-state index in [-0.39, 0.29) is 48.0 Å². The largest absolute Gasteiger partial charge is 1.00 e. The van der Waals surface area contributed by atoms with Gasteiger partial charge in [0.05, 0.1) is 0 Å². The molecule has 13 heavy (non-hydrogen) atoms. The van der Waals surface area contributed by atoms with Gasteiger partial charge in [-0.2, -0.15) is 0 Å². The van der Waals surface area contributed by atoms with Crippen LogP contribution in [0.15, 0.2) is 21.5 Å². The zero-order valence-corrected chi connectivity index (χ0v) is 12.2. The maximum Gasteiger partial charge on any atom is -1.00 e. The fourth-order valence-electron chi connectivity index (χ4n) is 1.10. The van der Waals surface area contributed by atoms with Crippen LogP contribution in [0.5, 0.6) is 0 Å². The normalized spacial score (nSPS) is 13.0. The summed E-state index contributed by atoms with van der Waals surface area (Å²) in [6.45, 7) is 4.64. The molecule has 0 fully saturated rings. The Morgan fingerprint density at radius 3 is 2.54 bits per heavy atom. The molecule has 0 bridgehead atoms. The number of hydrogen-bond acceptors (Lipinski definition) is 0. The van der Waals surface area contributed by atoms with Gasteiger partial charge in [0.2, 0.25) is 0 Å². The van der Waals surface area contributed by atoms with Crippen molar-refractivity contribution in [2.45, 2.75) is 30.8 Å². The van der Waals surface area contributed by atoms with Crippen LogP contribution < -0.4 is 24.8 Å². The molecule has 0 amide bonds. The van der Waals surface area contributed by atoms with E-state index in [4.69, 9.17) is 0 Å². The molecule has 3 heteroatoms. The summed E-state index contributed by atoms with van der Waals surface area (Å²) in [6.07, 6.45) is 9.57. The molecule has 1 aliphatic carbocycles. The van der Waals surface area contributed by atoms with Gasteiger partial charge in [0.25, 0.3) is 0 Å². The van der Waals surface area contributed by atoms with Crippen LogP contribution in [0.1, 0.15) is 26.7 Å². The van der Waals surface area contributed by atoms with Crippen molar-refractivity contribution in [2.75, 3.05) is 0 Å². The Labute approximate surface area is 106 Å². The SMILES string of the molecule is CC(C)C[CH2][Zr+2][C]1=CC=CC1.[Cl-].[Cl-]. The van der Waals surface area contributed by atoms with E-state index < -0.39 is 0 Å². The van der Waals surface area contributed by atoms with Crippen LogP contribution >= 0.6 is 0 Å². The van der Waals surface area contributed by atoms with E-state index in [0.717, 1.165) is 5.92 Å². The average Bonchev–Trinajstić information content (AvgIpc) is 2.39. The van der Waals surface area contributed by atoms with Crippen LogP contribution in [-0.2, 0) is 23.2 Å². The van der Waals surface area contributed by atoms with Gasteiger partial charge >= 0.3 is 81.5 Å². The first-order valence-electron chi connectivity index (χ1n) is 4.38. The third-order valence-electron chi connectivity index (χ3n) is 1.85. The van der Waals surface area contributed by atoms with Crippen LogP contribution in [0.25, 0.3) is 0 Å². The summed E-state index contributed by atoms with van der Waals surface area (Å²) < 4.78 is 3.32. The molecule has 0 saturated carbocycles. The molecule has 0 aromatic rings. The van der Waals surface area contributed by atoms with Crippen molar-refractivity contribution < 1.29 is 48.0 Å². The minimum Gasteiger partial charge on any atom is -1.00 e. The van der Waals surface area contributed by atoms with E-state index in [1.54, 1.807) is 3.28 Å². The maximum absolute atomic E-state index is 2.34. The van der Waals surface area contributed by atoms with Gasteiger partial charge in [-0.25, -0.2) is 0 Å². The van der Waals surface area contributed by atoms with Crippen molar-refractivity contribution in [3.63, 3.8) is 0 Å². The first-order chi connectivity index (χ1) is 5.29. The summed E-state index contributed by atoms with van der Waals surface area (Å²) in [5.74, 6) is 0.908. The fourth-order valence-corrected chi connectivity index (χ4v) is 4.83. The van der Waals surface area contributed by atoms with Crippen LogP contribution in [0.4, 0.5) is 0 Å². The molecule has 74 valence electrons. The van der Waals surface area contributed by atoms with Crippen molar-refractivity contribution in [1.29, 1.82) is 0 Å². The third-order valence-corrected chi connectivity index (χ3v) is 5.20. The summed E-state index contributed by atoms with van der Waals surface area (Å²) in [6, 6.07) is 0. The smallest absolute Gasteiger partial charge is 1.00 e. The molecule has 1 rings (SSSR count). The van der Waals surface area contributed by atoms with Crippen LogP contribution in [0, 0.1) is 5.92 Å². The molecule has 0 N–H and O–H groups in total. The Hall–Kier alpha value is 0.943. The predicted octanol–water partition coefficient (Wildman–Crippen LogP) is -2.61. The summed E-state index contributed by atoms with van der Waals surface area (Å²) in [5.41, 5.74) is 0. The second-order valence-corrected chi connectivity index (χ2v) is 7.11. The van der Waals surface area contributed by atoms with Gasteiger partial charge in [-0.15, -0.1) is 0 Å². The van der Waals surface area contributed by atoms with Crippen molar-refractivity contribution in [3.8, 4) is 0 Å². The predicted molar refractivity (Wildman–Crippen MR) is 46.1 cm³/mol. The Balaban J connectivity index is 0. The molecular formula is C10H16Cl2Zr. The Bertz CT molecular complexity index is 174. The van der Waals surface area contributed by atoms with Gasteiger partial charge < -0.3 is 24.8 Å². The molecule has 0 heterocycles. The molecule has 0 nitrogen and oxygen atoms in total. The van der Waals surface area contributed by atoms with Crippen molar-refractivity contribution in [3.05, 3.63) is 21.5 Å². The second kappa shape index (κ2) is 9.50. The molecule has 0 aromatic carbocycles. The molecule has 0 unspecified atom stereocenters. The van der Waals surface area contributed by atoms with Crippen LogP contribution in [0.2, 0.25) is 4.13 Å². The first kappa shape index (κ1) is 16.4. The standard InChI is InChI=1S/C5H5.C5H11.2ClH.Zr/c1-2-4-5-3-1;1-4-5(2)3;;;/h1-3H,4H2;5H,1,4H2,2-3H3;2*1H;/q;;;;+2/p-2. The minimum atomic E-state index is -0.118. The average molecular weight is 298 g/mol. The van der Waals surface area contributed by atoms with Crippen molar-refractivity contribution >= 4 is 0 Å². The van der Waals surface area contributed by atoms with Crippen LogP contribution in [-0.4, -0.2) is 0 Å². The second-order valence-electron chi connectivity index (χ2n) is 3.43. The molecule has 0 saturated heterocycles. The van der Waals surface area contributed by atoms with Gasteiger partial charge in [0.1, 0.15) is 0 Å². The van der Waals surface area contributed by atoms with E-state index in [0.29, 0.717) is 0 Å². The fraction of sp³-hybridized carbons (Fsp3) is 0.600. The molecular weight excluding hydrogens is 282 g/mol. The Morgan fingerprint density at radius 2 is 2.08 bits per heavy atom. The monoisotopic (exact) mass is 296 g/mol. The number of allylic oxidation sites excluding steroid dienone is 4. The first-order valence-corrected chi connectivity index (χ1v) is 7.35. The molecule has 0 aliphatic heterocycles. The van der Waals surface area contributed by atoms with Crippen molar-refractivity contribution in [2.24, 2.45) is 5.92 Å². The van der Waals surface area contributed by atoms with Gasteiger partial charge in [-0.1, -0.05) is 0 Å². The summed E-state index contributed by atoms with van der Waals surface area (Å²) in [5, 5.41) is 0.